The van der Waals surface area contributed by atoms with E-state index in [-0.39, 0.29) is 34.0 Å². The second kappa shape index (κ2) is 10.5. The van der Waals surface area contributed by atoms with Gasteiger partial charge in [-0.2, -0.15) is 0 Å². The summed E-state index contributed by atoms with van der Waals surface area (Å²) in [5.41, 5.74) is 3.95. The average Bonchev–Trinajstić information content (AvgIpc) is 3.05. The van der Waals surface area contributed by atoms with Crippen LogP contribution in [0.2, 0.25) is 0 Å². The SMILES string of the molecule is C[C@@H]1[C@@H](C(=O)NC(CC2CCC2)C(=O)C(N)=O)N(C(=O)[C@@H](NC(=O)NC(C)(C)C)C(C)(C)C)C[C@@]12C(C)(C)C21CCC1. The number of Topliss-reactive ketones (excluding diaryl/α,β-unsaturated/α-hetero) is 1. The van der Waals surface area contributed by atoms with Gasteiger partial charge in [-0.3, -0.25) is 19.2 Å². The van der Waals surface area contributed by atoms with Crippen LogP contribution in [-0.2, 0) is 19.2 Å². The molecule has 4 fully saturated rings. The van der Waals surface area contributed by atoms with E-state index in [2.05, 4.69) is 36.7 Å². The summed E-state index contributed by atoms with van der Waals surface area (Å²) in [7, 11) is 0. The van der Waals surface area contributed by atoms with Gasteiger partial charge in [-0.05, 0) is 68.1 Å². The number of nitrogens with one attached hydrogen (secondary N) is 3. The molecule has 5 atom stereocenters. The molecule has 1 unspecified atom stereocenters. The molecule has 3 aliphatic carbocycles. The molecule has 0 bridgehead atoms. The molecule has 4 aliphatic rings. The van der Waals surface area contributed by atoms with E-state index in [1.54, 1.807) is 4.90 Å². The molecule has 0 radical (unpaired) electrons. The van der Waals surface area contributed by atoms with Crippen LogP contribution in [0, 0.1) is 33.5 Å². The molecule has 1 saturated heterocycles. The molecule has 0 aromatic rings. The van der Waals surface area contributed by atoms with Crippen molar-refractivity contribution in [3.8, 4) is 0 Å². The van der Waals surface area contributed by atoms with Gasteiger partial charge in [0.05, 0.1) is 6.04 Å². The van der Waals surface area contributed by atoms with Crippen molar-refractivity contribution in [3.05, 3.63) is 0 Å². The highest BCUT2D eigenvalue weighted by atomic mass is 16.2. The van der Waals surface area contributed by atoms with Crippen LogP contribution in [0.1, 0.15) is 107 Å². The van der Waals surface area contributed by atoms with Crippen molar-refractivity contribution < 1.29 is 24.0 Å². The zero-order chi connectivity index (χ0) is 31.6. The van der Waals surface area contributed by atoms with Gasteiger partial charge in [0.15, 0.2) is 0 Å². The number of urea groups is 1. The summed E-state index contributed by atoms with van der Waals surface area (Å²) in [6.07, 6.45) is 6.54. The lowest BCUT2D eigenvalue weighted by molar-refractivity contribution is -0.144. The van der Waals surface area contributed by atoms with E-state index >= 15 is 0 Å². The summed E-state index contributed by atoms with van der Waals surface area (Å²) in [6.45, 7) is 18.2. The third-order valence-electron chi connectivity index (χ3n) is 11.4. The normalized spacial score (nSPS) is 29.2. The fourth-order valence-corrected chi connectivity index (χ4v) is 8.83. The van der Waals surface area contributed by atoms with Crippen molar-refractivity contribution in [3.63, 3.8) is 0 Å². The fraction of sp³-hybridized carbons (Fsp3) is 0.844. The quantitative estimate of drug-likeness (QED) is 0.322. The van der Waals surface area contributed by atoms with Gasteiger partial charge in [-0.25, -0.2) is 4.79 Å². The number of fused-ring (bicyclic) bond motifs is 1. The molecule has 3 saturated carbocycles. The first-order chi connectivity index (χ1) is 19.2. The molecule has 5 amide bonds. The first kappa shape index (κ1) is 32.3. The number of hydrogen-bond donors (Lipinski definition) is 4. The van der Waals surface area contributed by atoms with E-state index in [9.17, 15) is 24.0 Å². The number of ketones is 1. The van der Waals surface area contributed by atoms with Gasteiger partial charge in [0, 0.05) is 17.5 Å². The first-order valence-electron chi connectivity index (χ1n) is 15.7. The Morgan fingerprint density at radius 1 is 0.952 bits per heavy atom. The smallest absolute Gasteiger partial charge is 0.315 e. The third-order valence-corrected chi connectivity index (χ3v) is 11.4. The summed E-state index contributed by atoms with van der Waals surface area (Å²) in [5, 5.41) is 8.67. The molecular formula is C32H53N5O5. The molecule has 0 aromatic heterocycles. The Morgan fingerprint density at radius 2 is 1.55 bits per heavy atom. The van der Waals surface area contributed by atoms with Gasteiger partial charge in [0.2, 0.25) is 17.6 Å². The fourth-order valence-electron chi connectivity index (χ4n) is 8.83. The zero-order valence-electron chi connectivity index (χ0n) is 27.1. The number of carbonyl (C=O) groups excluding carboxylic acids is 5. The predicted octanol–water partition coefficient (Wildman–Crippen LogP) is 3.27. The maximum absolute atomic E-state index is 14.5. The van der Waals surface area contributed by atoms with Crippen LogP contribution < -0.4 is 21.7 Å². The van der Waals surface area contributed by atoms with Crippen molar-refractivity contribution >= 4 is 29.5 Å². The average molecular weight is 588 g/mol. The van der Waals surface area contributed by atoms with Crippen LogP contribution in [-0.4, -0.2) is 64.6 Å². The number of amides is 5. The molecular weight excluding hydrogens is 534 g/mol. The van der Waals surface area contributed by atoms with E-state index in [1.165, 1.54) is 0 Å². The monoisotopic (exact) mass is 587 g/mol. The summed E-state index contributed by atoms with van der Waals surface area (Å²) >= 11 is 0. The van der Waals surface area contributed by atoms with Crippen LogP contribution in [0.3, 0.4) is 0 Å². The van der Waals surface area contributed by atoms with E-state index in [0.717, 1.165) is 38.5 Å². The Morgan fingerprint density at radius 3 is 1.95 bits per heavy atom. The van der Waals surface area contributed by atoms with Crippen molar-refractivity contribution in [1.82, 2.24) is 20.9 Å². The Bertz CT molecular complexity index is 1140. The minimum atomic E-state index is -1.07. The second-order valence-corrected chi connectivity index (χ2v) is 16.2. The molecule has 2 spiro atoms. The Hall–Kier alpha value is -2.65. The Balaban J connectivity index is 1.68. The highest BCUT2D eigenvalue weighted by Gasteiger charge is 2.87. The molecule has 10 heteroatoms. The van der Waals surface area contributed by atoms with Crippen molar-refractivity contribution in [2.24, 2.45) is 39.2 Å². The first-order valence-corrected chi connectivity index (χ1v) is 15.7. The molecule has 1 heterocycles. The minimum Gasteiger partial charge on any atom is -0.363 e. The van der Waals surface area contributed by atoms with Crippen LogP contribution in [0.15, 0.2) is 0 Å². The van der Waals surface area contributed by atoms with E-state index < -0.39 is 52.7 Å². The molecule has 1 aliphatic heterocycles. The molecule has 5 N–H and O–H groups in total. The van der Waals surface area contributed by atoms with Gasteiger partial charge in [-0.1, -0.05) is 67.2 Å². The van der Waals surface area contributed by atoms with E-state index in [0.29, 0.717) is 13.0 Å². The lowest BCUT2D eigenvalue weighted by Crippen LogP contribution is -2.61. The molecule has 236 valence electrons. The number of nitrogens with two attached hydrogens (primary N) is 1. The van der Waals surface area contributed by atoms with E-state index in [4.69, 9.17) is 5.73 Å². The summed E-state index contributed by atoms with van der Waals surface area (Å²) < 4.78 is 0. The third kappa shape index (κ3) is 5.10. The zero-order valence-corrected chi connectivity index (χ0v) is 27.1. The summed E-state index contributed by atoms with van der Waals surface area (Å²) in [4.78, 5) is 68.1. The van der Waals surface area contributed by atoms with Crippen molar-refractivity contribution in [1.29, 1.82) is 0 Å². The van der Waals surface area contributed by atoms with Crippen LogP contribution in [0.25, 0.3) is 0 Å². The van der Waals surface area contributed by atoms with Gasteiger partial charge in [-0.15, -0.1) is 0 Å². The standard InChI is InChI=1S/C32H53N5O5/c1-18-21(25(40)34-20(22(38)24(33)39)16-19-12-10-13-19)37(17-32(18)30(8,9)31(32)14-11-15-31)26(41)23(28(2,3)4)35-27(42)36-29(5,6)7/h18-21,23H,10-17H2,1-9H3,(H2,33,39)(H,34,40)(H2,35,36,42)/t18-,20?,21+,23-,32+/m1/s1. The van der Waals surface area contributed by atoms with Gasteiger partial charge in [0.1, 0.15) is 12.1 Å². The van der Waals surface area contributed by atoms with Gasteiger partial charge >= 0.3 is 6.03 Å². The number of likely N-dealkylation sites (tertiary alicyclic amines) is 1. The highest BCUT2D eigenvalue weighted by Crippen LogP contribution is 2.89. The van der Waals surface area contributed by atoms with E-state index in [1.807, 2.05) is 41.5 Å². The molecule has 42 heavy (non-hydrogen) atoms. The largest absolute Gasteiger partial charge is 0.363 e. The summed E-state index contributed by atoms with van der Waals surface area (Å²) in [6, 6.07) is -3.21. The number of primary amides is 1. The van der Waals surface area contributed by atoms with Crippen molar-refractivity contribution in [2.75, 3.05) is 6.54 Å². The van der Waals surface area contributed by atoms with Crippen LogP contribution in [0.4, 0.5) is 4.79 Å². The highest BCUT2D eigenvalue weighted by molar-refractivity contribution is 6.37. The molecule has 0 aromatic carbocycles. The second-order valence-electron chi connectivity index (χ2n) is 16.2. The number of rotatable bonds is 8. The Kier molecular flexibility index (Phi) is 8.07. The number of nitrogens with zero attached hydrogens (tertiary/aromatic N) is 1. The lowest BCUT2D eigenvalue weighted by atomic mass is 9.71. The predicted molar refractivity (Wildman–Crippen MR) is 160 cm³/mol. The molecule has 10 nitrogen and oxygen atoms in total. The van der Waals surface area contributed by atoms with Crippen LogP contribution in [0.5, 0.6) is 0 Å². The Labute approximate surface area is 251 Å². The maximum Gasteiger partial charge on any atom is 0.315 e. The molecule has 4 rings (SSSR count). The lowest BCUT2D eigenvalue weighted by Gasteiger charge is -2.37. The number of hydrogen-bond acceptors (Lipinski definition) is 5. The summed E-state index contributed by atoms with van der Waals surface area (Å²) in [5.74, 6) is -2.56. The van der Waals surface area contributed by atoms with Crippen molar-refractivity contribution in [2.45, 2.75) is 131 Å². The minimum absolute atomic E-state index is 0.0512. The topological polar surface area (TPSA) is 151 Å². The van der Waals surface area contributed by atoms with Crippen LogP contribution >= 0.6 is 0 Å². The van der Waals surface area contributed by atoms with Gasteiger partial charge in [0.25, 0.3) is 5.91 Å². The maximum atomic E-state index is 14.5. The number of carbonyl (C=O) groups is 5. The van der Waals surface area contributed by atoms with Gasteiger partial charge < -0.3 is 26.6 Å².